The number of hydrogen-bond acceptors (Lipinski definition) is 6. The third-order valence-electron chi connectivity index (χ3n) is 4.43. The third kappa shape index (κ3) is 4.45. The zero-order valence-electron chi connectivity index (χ0n) is 16.9. The lowest BCUT2D eigenvalue weighted by Crippen LogP contribution is -2.21. The number of rotatable bonds is 6. The molecule has 0 spiro atoms. The molecule has 0 atom stereocenters. The molecule has 29 heavy (non-hydrogen) atoms. The van der Waals surface area contributed by atoms with E-state index in [9.17, 15) is 9.59 Å². The number of esters is 1. The van der Waals surface area contributed by atoms with Crippen LogP contribution in [0.5, 0.6) is 5.75 Å². The van der Waals surface area contributed by atoms with E-state index >= 15 is 0 Å². The van der Waals surface area contributed by atoms with Gasteiger partial charge in [-0.3, -0.25) is 4.79 Å². The molecule has 2 aromatic heterocycles. The second-order valence-electron chi connectivity index (χ2n) is 6.72. The van der Waals surface area contributed by atoms with Crippen LogP contribution in [0, 0.1) is 0 Å². The van der Waals surface area contributed by atoms with Crippen molar-refractivity contribution in [1.29, 1.82) is 0 Å². The van der Waals surface area contributed by atoms with Gasteiger partial charge < -0.3 is 18.9 Å². The zero-order valence-corrected chi connectivity index (χ0v) is 16.9. The Kier molecular flexibility index (Phi) is 5.97. The molecule has 7 heteroatoms. The van der Waals surface area contributed by atoms with E-state index in [1.165, 1.54) is 7.11 Å². The molecule has 0 fully saturated rings. The summed E-state index contributed by atoms with van der Waals surface area (Å²) in [4.78, 5) is 31.6. The first-order valence-electron chi connectivity index (χ1n) is 9.03. The Morgan fingerprint density at radius 2 is 1.90 bits per heavy atom. The van der Waals surface area contributed by atoms with Gasteiger partial charge in [-0.15, -0.1) is 0 Å². The first kappa shape index (κ1) is 20.1. The van der Waals surface area contributed by atoms with Crippen molar-refractivity contribution in [1.82, 2.24) is 14.5 Å². The van der Waals surface area contributed by atoms with Crippen molar-refractivity contribution in [2.24, 2.45) is 0 Å². The topological polar surface area (TPSA) is 73.7 Å². The quantitative estimate of drug-likeness (QED) is 0.600. The maximum absolute atomic E-state index is 13.0. The summed E-state index contributed by atoms with van der Waals surface area (Å²) >= 11 is 0. The predicted octanol–water partition coefficient (Wildman–Crippen LogP) is 2.77. The Labute approximate surface area is 168 Å². The van der Waals surface area contributed by atoms with Crippen LogP contribution in [0.2, 0.25) is 0 Å². The molecule has 0 saturated heterocycles. The standard InChI is InChI=1S/C22H23N3O4/c1-24(2)11-9-20-18(22(27)29-4)13-17-19(23-20)10-12-25(21(17)26)14-15-5-7-16(28-3)8-6-15/h5-13H,14H2,1-4H3. The highest BCUT2D eigenvalue weighted by Gasteiger charge is 2.15. The molecule has 0 bridgehead atoms. The molecular formula is C22H23N3O4. The Hall–Kier alpha value is -3.61. The highest BCUT2D eigenvalue weighted by molar-refractivity contribution is 5.97. The molecule has 0 aliphatic carbocycles. The molecule has 150 valence electrons. The minimum absolute atomic E-state index is 0.223. The summed E-state index contributed by atoms with van der Waals surface area (Å²) in [6, 6.07) is 10.8. The molecule has 0 aliphatic rings. The van der Waals surface area contributed by atoms with Crippen LogP contribution in [0.25, 0.3) is 17.0 Å². The van der Waals surface area contributed by atoms with Gasteiger partial charge in [-0.2, -0.15) is 0 Å². The molecule has 2 heterocycles. The van der Waals surface area contributed by atoms with Gasteiger partial charge in [0.25, 0.3) is 5.56 Å². The molecule has 3 aromatic rings. The molecule has 7 nitrogen and oxygen atoms in total. The van der Waals surface area contributed by atoms with E-state index in [0.717, 1.165) is 11.3 Å². The maximum atomic E-state index is 13.0. The Balaban J connectivity index is 2.07. The number of hydrogen-bond donors (Lipinski definition) is 0. The Bertz CT molecular complexity index is 1120. The number of benzene rings is 1. The minimum atomic E-state index is -0.539. The van der Waals surface area contributed by atoms with Crippen LogP contribution in [-0.4, -0.2) is 48.7 Å². The summed E-state index contributed by atoms with van der Waals surface area (Å²) in [6.45, 7) is 0.397. The number of nitrogens with zero attached hydrogens (tertiary/aromatic N) is 3. The van der Waals surface area contributed by atoms with Crippen LogP contribution < -0.4 is 10.3 Å². The van der Waals surface area contributed by atoms with Gasteiger partial charge >= 0.3 is 5.97 Å². The van der Waals surface area contributed by atoms with E-state index in [-0.39, 0.29) is 11.1 Å². The van der Waals surface area contributed by atoms with Crippen LogP contribution in [0.4, 0.5) is 0 Å². The average Bonchev–Trinajstić information content (AvgIpc) is 2.73. The Morgan fingerprint density at radius 3 is 2.52 bits per heavy atom. The summed E-state index contributed by atoms with van der Waals surface area (Å²) in [6.07, 6.45) is 5.21. The van der Waals surface area contributed by atoms with Gasteiger partial charge in [-0.05, 0) is 35.9 Å². The molecule has 0 amide bonds. The van der Waals surface area contributed by atoms with Crippen molar-refractivity contribution in [3.8, 4) is 5.75 Å². The van der Waals surface area contributed by atoms with Gasteiger partial charge in [0.05, 0.1) is 42.9 Å². The van der Waals surface area contributed by atoms with Crippen LogP contribution in [0.15, 0.2) is 53.6 Å². The predicted molar refractivity (Wildman–Crippen MR) is 112 cm³/mol. The first-order valence-corrected chi connectivity index (χ1v) is 9.03. The van der Waals surface area contributed by atoms with Crippen LogP contribution in [0.3, 0.4) is 0 Å². The van der Waals surface area contributed by atoms with Gasteiger partial charge in [0.1, 0.15) is 5.75 Å². The molecule has 0 N–H and O–H groups in total. The van der Waals surface area contributed by atoms with Crippen molar-refractivity contribution in [2.75, 3.05) is 28.3 Å². The summed E-state index contributed by atoms with van der Waals surface area (Å²) in [5, 5.41) is 0.364. The van der Waals surface area contributed by atoms with Gasteiger partial charge in [0, 0.05) is 26.5 Å². The van der Waals surface area contributed by atoms with Crippen molar-refractivity contribution in [2.45, 2.75) is 6.54 Å². The van der Waals surface area contributed by atoms with Crippen LogP contribution in [-0.2, 0) is 11.3 Å². The van der Waals surface area contributed by atoms with Gasteiger partial charge in [0.15, 0.2) is 0 Å². The number of carbonyl (C=O) groups excluding carboxylic acids is 1. The number of pyridine rings is 2. The van der Waals surface area contributed by atoms with E-state index in [2.05, 4.69) is 4.98 Å². The summed E-state index contributed by atoms with van der Waals surface area (Å²) in [5.41, 5.74) is 1.95. The number of carbonyl (C=O) groups is 1. The fraction of sp³-hybridized carbons (Fsp3) is 0.227. The number of methoxy groups -OCH3 is 2. The number of ether oxygens (including phenoxy) is 2. The first-order chi connectivity index (χ1) is 13.9. The lowest BCUT2D eigenvalue weighted by atomic mass is 10.1. The normalized spacial score (nSPS) is 11.0. The lowest BCUT2D eigenvalue weighted by molar-refractivity contribution is 0.0600. The molecular weight excluding hydrogens is 370 g/mol. The highest BCUT2D eigenvalue weighted by Crippen LogP contribution is 2.18. The molecule has 0 unspecified atom stereocenters. The SMILES string of the molecule is COC(=O)c1cc2c(=O)n(Cc3ccc(OC)cc3)ccc2nc1C=CN(C)C. The monoisotopic (exact) mass is 393 g/mol. The van der Waals surface area contributed by atoms with E-state index in [1.54, 1.807) is 42.3 Å². The third-order valence-corrected chi connectivity index (χ3v) is 4.43. The fourth-order valence-corrected chi connectivity index (χ4v) is 2.90. The largest absolute Gasteiger partial charge is 0.497 e. The van der Waals surface area contributed by atoms with Gasteiger partial charge in [-0.25, -0.2) is 9.78 Å². The second kappa shape index (κ2) is 8.60. The van der Waals surface area contributed by atoms with E-state index < -0.39 is 5.97 Å². The van der Waals surface area contributed by atoms with Crippen molar-refractivity contribution < 1.29 is 14.3 Å². The lowest BCUT2D eigenvalue weighted by Gasteiger charge is -2.11. The average molecular weight is 393 g/mol. The molecule has 0 aliphatic heterocycles. The van der Waals surface area contributed by atoms with Crippen molar-refractivity contribution >= 4 is 22.9 Å². The highest BCUT2D eigenvalue weighted by atomic mass is 16.5. The van der Waals surface area contributed by atoms with Gasteiger partial charge in [0.2, 0.25) is 0 Å². The van der Waals surface area contributed by atoms with Crippen LogP contribution in [0.1, 0.15) is 21.6 Å². The summed E-state index contributed by atoms with van der Waals surface area (Å²) in [7, 11) is 6.65. The smallest absolute Gasteiger partial charge is 0.340 e. The van der Waals surface area contributed by atoms with E-state index in [4.69, 9.17) is 9.47 Å². The van der Waals surface area contributed by atoms with Crippen LogP contribution >= 0.6 is 0 Å². The minimum Gasteiger partial charge on any atom is -0.497 e. The van der Waals surface area contributed by atoms with Crippen molar-refractivity contribution in [3.05, 3.63) is 76.0 Å². The maximum Gasteiger partial charge on any atom is 0.340 e. The fourth-order valence-electron chi connectivity index (χ4n) is 2.90. The summed E-state index contributed by atoms with van der Waals surface area (Å²) in [5.74, 6) is 0.215. The molecule has 0 saturated carbocycles. The Morgan fingerprint density at radius 1 is 1.17 bits per heavy atom. The molecule has 1 aromatic carbocycles. The van der Waals surface area contributed by atoms with E-state index in [0.29, 0.717) is 23.1 Å². The second-order valence-corrected chi connectivity index (χ2v) is 6.72. The number of fused-ring (bicyclic) bond motifs is 1. The molecule has 0 radical (unpaired) electrons. The van der Waals surface area contributed by atoms with Gasteiger partial charge in [-0.1, -0.05) is 12.1 Å². The van der Waals surface area contributed by atoms with Crippen molar-refractivity contribution in [3.63, 3.8) is 0 Å². The summed E-state index contributed by atoms with van der Waals surface area (Å²) < 4.78 is 11.6. The number of aromatic nitrogens is 2. The van der Waals surface area contributed by atoms with E-state index in [1.807, 2.05) is 43.3 Å². The molecule has 3 rings (SSSR count). The zero-order chi connectivity index (χ0) is 21.0.